The normalized spacial score (nSPS) is 10.8. The standard InChI is InChI=1S/C8H5I2NS/c9-4-1-2-6-5(3-4)7(10)8(11)12-6/h1-3H,11H2. The molecule has 0 spiro atoms. The van der Waals surface area contributed by atoms with E-state index in [9.17, 15) is 0 Å². The Morgan fingerprint density at radius 2 is 2.00 bits per heavy atom. The second kappa shape index (κ2) is 3.30. The van der Waals surface area contributed by atoms with Gasteiger partial charge in [-0.3, -0.25) is 0 Å². The van der Waals surface area contributed by atoms with Crippen molar-refractivity contribution in [3.8, 4) is 0 Å². The maximum Gasteiger partial charge on any atom is 0.100 e. The number of nitrogen functional groups attached to an aromatic ring is 1. The fourth-order valence-electron chi connectivity index (χ4n) is 1.06. The zero-order chi connectivity index (χ0) is 8.72. The van der Waals surface area contributed by atoms with Crippen LogP contribution in [0.4, 0.5) is 5.00 Å². The van der Waals surface area contributed by atoms with Crippen molar-refractivity contribution in [2.24, 2.45) is 0 Å². The van der Waals surface area contributed by atoms with E-state index in [1.54, 1.807) is 11.3 Å². The van der Waals surface area contributed by atoms with E-state index < -0.39 is 0 Å². The molecule has 1 heterocycles. The van der Waals surface area contributed by atoms with Crippen molar-refractivity contribution in [1.82, 2.24) is 0 Å². The van der Waals surface area contributed by atoms with E-state index in [0.29, 0.717) is 0 Å². The van der Waals surface area contributed by atoms with Gasteiger partial charge < -0.3 is 5.73 Å². The lowest BCUT2D eigenvalue weighted by molar-refractivity contribution is 1.74. The maximum atomic E-state index is 5.81. The van der Waals surface area contributed by atoms with Crippen LogP contribution in [-0.2, 0) is 0 Å². The van der Waals surface area contributed by atoms with Crippen LogP contribution in [0.15, 0.2) is 18.2 Å². The number of thiophene rings is 1. The summed E-state index contributed by atoms with van der Waals surface area (Å²) in [5, 5.41) is 2.21. The summed E-state index contributed by atoms with van der Waals surface area (Å²) < 4.78 is 3.72. The largest absolute Gasteiger partial charge is 0.390 e. The quantitative estimate of drug-likeness (QED) is 0.670. The van der Waals surface area contributed by atoms with Gasteiger partial charge in [0.25, 0.3) is 0 Å². The van der Waals surface area contributed by atoms with E-state index in [1.165, 1.54) is 17.2 Å². The van der Waals surface area contributed by atoms with E-state index in [0.717, 1.165) is 5.00 Å². The second-order valence-electron chi connectivity index (χ2n) is 2.42. The summed E-state index contributed by atoms with van der Waals surface area (Å²) in [4.78, 5) is 0. The van der Waals surface area contributed by atoms with E-state index in [4.69, 9.17) is 5.73 Å². The highest BCUT2D eigenvalue weighted by Crippen LogP contribution is 2.34. The first-order valence-corrected chi connectivity index (χ1v) is 6.29. The lowest BCUT2D eigenvalue weighted by atomic mass is 10.3. The van der Waals surface area contributed by atoms with Gasteiger partial charge in [0.05, 0.1) is 3.57 Å². The predicted molar refractivity (Wildman–Crippen MR) is 71.7 cm³/mol. The number of hydrogen-bond acceptors (Lipinski definition) is 2. The zero-order valence-electron chi connectivity index (χ0n) is 5.97. The van der Waals surface area contributed by atoms with Gasteiger partial charge >= 0.3 is 0 Å². The van der Waals surface area contributed by atoms with E-state index >= 15 is 0 Å². The third-order valence-electron chi connectivity index (χ3n) is 1.61. The molecule has 0 saturated carbocycles. The molecule has 0 radical (unpaired) electrons. The number of anilines is 1. The SMILES string of the molecule is Nc1sc2ccc(I)cc2c1I. The Labute approximate surface area is 102 Å². The fourth-order valence-corrected chi connectivity index (χ4v) is 3.35. The van der Waals surface area contributed by atoms with Crippen LogP contribution in [-0.4, -0.2) is 0 Å². The molecule has 0 atom stereocenters. The van der Waals surface area contributed by atoms with Gasteiger partial charge in [0.15, 0.2) is 0 Å². The highest BCUT2D eigenvalue weighted by Gasteiger charge is 2.06. The molecule has 0 aliphatic rings. The smallest absolute Gasteiger partial charge is 0.100 e. The minimum absolute atomic E-state index is 0.924. The Bertz CT molecular complexity index is 436. The molecule has 0 unspecified atom stereocenters. The van der Waals surface area contributed by atoms with Crippen LogP contribution in [0.3, 0.4) is 0 Å². The average Bonchev–Trinajstić information content (AvgIpc) is 2.31. The van der Waals surface area contributed by atoms with Crippen LogP contribution < -0.4 is 5.73 Å². The molecule has 0 amide bonds. The third kappa shape index (κ3) is 1.44. The second-order valence-corrected chi connectivity index (χ2v) is 5.83. The van der Waals surface area contributed by atoms with Crippen molar-refractivity contribution in [3.05, 3.63) is 25.3 Å². The Morgan fingerprint density at radius 1 is 1.25 bits per heavy atom. The Kier molecular flexibility index (Phi) is 2.48. The van der Waals surface area contributed by atoms with Crippen molar-refractivity contribution < 1.29 is 0 Å². The molecular formula is C8H5I2NS. The van der Waals surface area contributed by atoms with Gasteiger partial charge in [-0.15, -0.1) is 11.3 Å². The van der Waals surface area contributed by atoms with Gasteiger partial charge in [-0.05, 0) is 63.4 Å². The average molecular weight is 401 g/mol. The van der Waals surface area contributed by atoms with Gasteiger partial charge in [-0.1, -0.05) is 0 Å². The lowest BCUT2D eigenvalue weighted by Gasteiger charge is -1.91. The molecule has 0 aliphatic carbocycles. The molecule has 2 aromatic rings. The Balaban J connectivity index is 2.88. The van der Waals surface area contributed by atoms with Crippen molar-refractivity contribution in [2.75, 3.05) is 5.73 Å². The molecule has 0 fully saturated rings. The van der Waals surface area contributed by atoms with Crippen LogP contribution in [0.5, 0.6) is 0 Å². The maximum absolute atomic E-state index is 5.81. The van der Waals surface area contributed by atoms with Gasteiger partial charge in [0.2, 0.25) is 0 Å². The summed E-state index contributed by atoms with van der Waals surface area (Å²) in [7, 11) is 0. The predicted octanol–water partition coefficient (Wildman–Crippen LogP) is 3.69. The summed E-state index contributed by atoms with van der Waals surface area (Å²) in [5.41, 5.74) is 5.81. The summed E-state index contributed by atoms with van der Waals surface area (Å²) >= 11 is 6.27. The van der Waals surface area contributed by atoms with Crippen molar-refractivity contribution in [2.45, 2.75) is 0 Å². The molecule has 62 valence electrons. The summed E-state index contributed by atoms with van der Waals surface area (Å²) in [6.07, 6.45) is 0. The van der Waals surface area contributed by atoms with Crippen LogP contribution in [0.25, 0.3) is 10.1 Å². The summed E-state index contributed by atoms with van der Waals surface area (Å²) in [6.45, 7) is 0. The van der Waals surface area contributed by atoms with Gasteiger partial charge in [0, 0.05) is 13.7 Å². The van der Waals surface area contributed by atoms with Gasteiger partial charge in [-0.2, -0.15) is 0 Å². The molecule has 1 nitrogen and oxygen atoms in total. The van der Waals surface area contributed by atoms with E-state index in [1.807, 2.05) is 0 Å². The van der Waals surface area contributed by atoms with Crippen molar-refractivity contribution >= 4 is 71.6 Å². The highest BCUT2D eigenvalue weighted by molar-refractivity contribution is 14.1. The van der Waals surface area contributed by atoms with Crippen LogP contribution in [0.2, 0.25) is 0 Å². The zero-order valence-corrected chi connectivity index (χ0v) is 11.1. The molecule has 1 aromatic heterocycles. The first kappa shape index (κ1) is 9.01. The van der Waals surface area contributed by atoms with Crippen molar-refractivity contribution in [1.29, 1.82) is 0 Å². The third-order valence-corrected chi connectivity index (χ3v) is 4.81. The summed E-state index contributed by atoms with van der Waals surface area (Å²) in [5.74, 6) is 0. The van der Waals surface area contributed by atoms with E-state index in [-0.39, 0.29) is 0 Å². The molecule has 0 bridgehead atoms. The Morgan fingerprint density at radius 3 is 2.75 bits per heavy atom. The highest BCUT2D eigenvalue weighted by atomic mass is 127. The molecule has 0 saturated heterocycles. The summed E-state index contributed by atoms with van der Waals surface area (Å²) in [6, 6.07) is 6.40. The fraction of sp³-hybridized carbons (Fsp3) is 0. The molecule has 0 aliphatic heterocycles. The molecular weight excluding hydrogens is 396 g/mol. The number of nitrogens with two attached hydrogens (primary N) is 1. The molecule has 2 N–H and O–H groups in total. The van der Waals surface area contributed by atoms with E-state index in [2.05, 4.69) is 63.4 Å². The number of hydrogen-bond donors (Lipinski definition) is 1. The molecule has 12 heavy (non-hydrogen) atoms. The molecule has 2 rings (SSSR count). The monoisotopic (exact) mass is 401 g/mol. The van der Waals surface area contributed by atoms with Crippen LogP contribution in [0, 0.1) is 7.14 Å². The Hall–Kier alpha value is 0.440. The number of halogens is 2. The number of benzene rings is 1. The topological polar surface area (TPSA) is 26.0 Å². The van der Waals surface area contributed by atoms with Gasteiger partial charge in [0.1, 0.15) is 5.00 Å². The molecule has 4 heteroatoms. The number of rotatable bonds is 0. The minimum Gasteiger partial charge on any atom is -0.390 e. The van der Waals surface area contributed by atoms with Crippen LogP contribution >= 0.6 is 56.5 Å². The first-order valence-electron chi connectivity index (χ1n) is 3.31. The first-order chi connectivity index (χ1) is 5.68. The lowest BCUT2D eigenvalue weighted by Crippen LogP contribution is -1.80. The van der Waals surface area contributed by atoms with Crippen LogP contribution in [0.1, 0.15) is 0 Å². The van der Waals surface area contributed by atoms with Crippen molar-refractivity contribution in [3.63, 3.8) is 0 Å². The number of fused-ring (bicyclic) bond motifs is 1. The minimum atomic E-state index is 0.924. The van der Waals surface area contributed by atoms with Gasteiger partial charge in [-0.25, -0.2) is 0 Å². The molecule has 1 aromatic carbocycles.